The van der Waals surface area contributed by atoms with Crippen LogP contribution in [0.4, 0.5) is 13.2 Å². The molecule has 20 heavy (non-hydrogen) atoms. The molecule has 0 aromatic carbocycles. The zero-order valence-corrected chi connectivity index (χ0v) is 11.8. The highest BCUT2D eigenvalue weighted by Gasteiger charge is 2.32. The van der Waals surface area contributed by atoms with Crippen molar-refractivity contribution in [2.24, 2.45) is 5.92 Å². The molecule has 0 unspecified atom stereocenters. The van der Waals surface area contributed by atoms with E-state index in [-0.39, 0.29) is 0 Å². The number of alkyl halides is 3. The van der Waals surface area contributed by atoms with E-state index in [1.54, 1.807) is 0 Å². The molecule has 0 spiro atoms. The third kappa shape index (κ3) is 3.76. The molecule has 0 radical (unpaired) electrons. The van der Waals surface area contributed by atoms with Crippen LogP contribution in [0.1, 0.15) is 24.4 Å². The average Bonchev–Trinajstić information content (AvgIpc) is 2.94. The first-order chi connectivity index (χ1) is 9.36. The van der Waals surface area contributed by atoms with Crippen molar-refractivity contribution >= 4 is 11.3 Å². The summed E-state index contributed by atoms with van der Waals surface area (Å²) in [5.74, 6) is 0.517. The first-order valence-corrected chi connectivity index (χ1v) is 6.83. The number of aromatic nitrogens is 4. The second-order valence-corrected chi connectivity index (χ2v) is 5.71. The van der Waals surface area contributed by atoms with E-state index in [0.29, 0.717) is 22.6 Å². The Labute approximate surface area is 117 Å². The van der Waals surface area contributed by atoms with E-state index >= 15 is 0 Å². The molecule has 1 N–H and O–H groups in total. The van der Waals surface area contributed by atoms with Crippen LogP contribution in [0.2, 0.25) is 0 Å². The van der Waals surface area contributed by atoms with Gasteiger partial charge in [0.15, 0.2) is 0 Å². The van der Waals surface area contributed by atoms with Crippen molar-refractivity contribution in [3.8, 4) is 5.13 Å². The molecule has 0 amide bonds. The fraction of sp³-hybridized carbons (Fsp3) is 0.545. The molecule has 9 heteroatoms. The largest absolute Gasteiger partial charge is 0.419 e. The minimum absolute atomic E-state index is 0.321. The number of hydrogen-bond donors (Lipinski definition) is 1. The van der Waals surface area contributed by atoms with Crippen LogP contribution >= 0.6 is 11.3 Å². The lowest BCUT2D eigenvalue weighted by Crippen LogP contribution is -2.18. The van der Waals surface area contributed by atoms with Gasteiger partial charge in [0.2, 0.25) is 5.13 Å². The van der Waals surface area contributed by atoms with Gasteiger partial charge in [0.25, 0.3) is 0 Å². The van der Waals surface area contributed by atoms with Crippen LogP contribution in [-0.4, -0.2) is 26.5 Å². The molecule has 0 aliphatic rings. The SMILES string of the molecule is CC(C)CNCc1nnc(-n2cc(C(F)(F)F)cn2)s1. The molecule has 2 aromatic heterocycles. The van der Waals surface area contributed by atoms with E-state index in [2.05, 4.69) is 34.5 Å². The molecule has 0 atom stereocenters. The lowest BCUT2D eigenvalue weighted by molar-refractivity contribution is -0.137. The predicted molar refractivity (Wildman–Crippen MR) is 68.6 cm³/mol. The zero-order valence-electron chi connectivity index (χ0n) is 11.0. The van der Waals surface area contributed by atoms with Gasteiger partial charge in [0.05, 0.1) is 11.8 Å². The van der Waals surface area contributed by atoms with Crippen molar-refractivity contribution in [1.29, 1.82) is 0 Å². The summed E-state index contributed by atoms with van der Waals surface area (Å²) in [6, 6.07) is 0. The van der Waals surface area contributed by atoms with Gasteiger partial charge >= 0.3 is 6.18 Å². The normalized spacial score (nSPS) is 12.3. The minimum Gasteiger partial charge on any atom is -0.310 e. The second-order valence-electron chi connectivity index (χ2n) is 4.67. The lowest BCUT2D eigenvalue weighted by Gasteiger charge is -2.03. The molecule has 0 aliphatic heterocycles. The number of halogens is 3. The summed E-state index contributed by atoms with van der Waals surface area (Å²) >= 11 is 1.21. The summed E-state index contributed by atoms with van der Waals surface area (Å²) in [6.07, 6.45) is -2.71. The Morgan fingerprint density at radius 1 is 1.35 bits per heavy atom. The van der Waals surface area contributed by atoms with Crippen LogP contribution in [0.3, 0.4) is 0 Å². The first-order valence-electron chi connectivity index (χ1n) is 6.01. The first kappa shape index (κ1) is 14.9. The van der Waals surface area contributed by atoms with Crippen LogP contribution in [0.15, 0.2) is 12.4 Å². The molecule has 2 heterocycles. The quantitative estimate of drug-likeness (QED) is 0.922. The Hall–Kier alpha value is -1.48. The summed E-state index contributed by atoms with van der Waals surface area (Å²) in [4.78, 5) is 0. The van der Waals surface area contributed by atoms with Gasteiger partial charge in [-0.2, -0.15) is 18.3 Å². The maximum absolute atomic E-state index is 12.5. The van der Waals surface area contributed by atoms with E-state index in [1.807, 2.05) is 0 Å². The standard InChI is InChI=1S/C11H14F3N5S/c1-7(2)3-15-5-9-17-18-10(20-9)19-6-8(4-16-19)11(12,13)14/h4,6-7,15H,3,5H2,1-2H3. The van der Waals surface area contributed by atoms with Crippen LogP contribution in [0, 0.1) is 5.92 Å². The second kappa shape index (κ2) is 5.88. The fourth-order valence-electron chi connectivity index (χ4n) is 1.45. The van der Waals surface area contributed by atoms with Crippen molar-refractivity contribution in [1.82, 2.24) is 25.3 Å². The third-order valence-electron chi connectivity index (χ3n) is 2.39. The van der Waals surface area contributed by atoms with Gasteiger partial charge in [0, 0.05) is 12.7 Å². The summed E-state index contributed by atoms with van der Waals surface area (Å²) in [7, 11) is 0. The van der Waals surface area contributed by atoms with Gasteiger partial charge in [-0.3, -0.25) is 0 Å². The van der Waals surface area contributed by atoms with Gasteiger partial charge in [-0.25, -0.2) is 4.68 Å². The molecule has 0 fully saturated rings. The molecular formula is C11H14F3N5S. The number of hydrogen-bond acceptors (Lipinski definition) is 5. The zero-order chi connectivity index (χ0) is 14.8. The smallest absolute Gasteiger partial charge is 0.310 e. The number of rotatable bonds is 5. The van der Waals surface area contributed by atoms with Crippen molar-refractivity contribution in [2.45, 2.75) is 26.6 Å². The Morgan fingerprint density at radius 2 is 2.10 bits per heavy atom. The van der Waals surface area contributed by atoms with Crippen LogP contribution in [0.25, 0.3) is 5.13 Å². The Kier molecular flexibility index (Phi) is 4.39. The molecule has 0 saturated heterocycles. The van der Waals surface area contributed by atoms with Crippen LogP contribution in [0.5, 0.6) is 0 Å². The molecule has 0 aliphatic carbocycles. The lowest BCUT2D eigenvalue weighted by atomic mass is 10.2. The van der Waals surface area contributed by atoms with E-state index in [0.717, 1.165) is 23.6 Å². The minimum atomic E-state index is -4.40. The summed E-state index contributed by atoms with van der Waals surface area (Å²) in [5, 5.41) is 15.7. The van der Waals surface area contributed by atoms with Crippen molar-refractivity contribution in [2.75, 3.05) is 6.54 Å². The molecule has 2 rings (SSSR count). The molecule has 0 bridgehead atoms. The third-order valence-corrected chi connectivity index (χ3v) is 3.30. The Bertz CT molecular complexity index is 560. The van der Waals surface area contributed by atoms with Crippen LogP contribution < -0.4 is 5.32 Å². The van der Waals surface area contributed by atoms with Gasteiger partial charge in [-0.05, 0) is 12.5 Å². The molecule has 5 nitrogen and oxygen atoms in total. The summed E-state index contributed by atoms with van der Waals surface area (Å²) in [6.45, 7) is 5.56. The molecule has 0 saturated carbocycles. The topological polar surface area (TPSA) is 55.6 Å². The van der Waals surface area contributed by atoms with Gasteiger partial charge in [-0.15, -0.1) is 10.2 Å². The van der Waals surface area contributed by atoms with Crippen molar-refractivity contribution in [3.63, 3.8) is 0 Å². The van der Waals surface area contributed by atoms with Crippen molar-refractivity contribution < 1.29 is 13.2 Å². The maximum atomic E-state index is 12.5. The highest BCUT2D eigenvalue weighted by atomic mass is 32.1. The predicted octanol–water partition coefficient (Wildman–Crippen LogP) is 2.49. The molecule has 110 valence electrons. The number of nitrogens with zero attached hydrogens (tertiary/aromatic N) is 4. The van der Waals surface area contributed by atoms with Crippen molar-refractivity contribution in [3.05, 3.63) is 23.0 Å². The van der Waals surface area contributed by atoms with E-state index in [4.69, 9.17) is 0 Å². The number of nitrogens with one attached hydrogen (secondary N) is 1. The highest BCUT2D eigenvalue weighted by Crippen LogP contribution is 2.29. The van der Waals surface area contributed by atoms with Crippen LogP contribution in [-0.2, 0) is 12.7 Å². The summed E-state index contributed by atoms with van der Waals surface area (Å²) < 4.78 is 38.5. The average molecular weight is 305 g/mol. The van der Waals surface area contributed by atoms with Gasteiger partial charge in [-0.1, -0.05) is 25.2 Å². The Morgan fingerprint density at radius 3 is 2.70 bits per heavy atom. The maximum Gasteiger partial charge on any atom is 0.419 e. The monoisotopic (exact) mass is 305 g/mol. The molecule has 2 aromatic rings. The fourth-order valence-corrected chi connectivity index (χ4v) is 2.19. The van der Waals surface area contributed by atoms with Gasteiger partial charge < -0.3 is 5.32 Å². The Balaban J connectivity index is 2.03. The molecular weight excluding hydrogens is 291 g/mol. The summed E-state index contributed by atoms with van der Waals surface area (Å²) in [5.41, 5.74) is -0.799. The highest BCUT2D eigenvalue weighted by molar-refractivity contribution is 7.13. The van der Waals surface area contributed by atoms with E-state index in [9.17, 15) is 13.2 Å². The van der Waals surface area contributed by atoms with Gasteiger partial charge in [0.1, 0.15) is 5.01 Å². The van der Waals surface area contributed by atoms with E-state index in [1.165, 1.54) is 11.3 Å². The van der Waals surface area contributed by atoms with E-state index < -0.39 is 11.7 Å².